The molecule has 492 valence electrons. The number of nitrogens with zero attached hydrogens (tertiary/aromatic N) is 7. The van der Waals surface area contributed by atoms with Crippen molar-refractivity contribution in [2.75, 3.05) is 55.9 Å². The van der Waals surface area contributed by atoms with Crippen molar-refractivity contribution in [2.24, 2.45) is 47.2 Å². The molecular weight excluding hydrogens is 1100 g/mol. The molecule has 12 amide bonds. The van der Waals surface area contributed by atoms with E-state index in [0.29, 0.717) is 6.42 Å². The molecule has 10 atom stereocenters. The summed E-state index contributed by atoms with van der Waals surface area (Å²) in [7, 11) is 10.1. The first-order valence-corrected chi connectivity index (χ1v) is 31.0. The molecule has 24 nitrogen and oxygen atoms in total. The number of nitrogens with two attached hydrogens (primary N) is 1. The van der Waals surface area contributed by atoms with Crippen molar-refractivity contribution in [2.45, 2.75) is 229 Å². The Bertz CT molecular complexity index is 2340. The number of carbonyl (C=O) groups excluding carboxylic acids is 12. The third-order valence-corrected chi connectivity index (χ3v) is 15.9. The zero-order chi connectivity index (χ0) is 66.7. The summed E-state index contributed by atoms with van der Waals surface area (Å²) in [6, 6.07) is -12.1. The molecule has 1 saturated heterocycles. The van der Waals surface area contributed by atoms with Gasteiger partial charge in [-0.25, -0.2) is 0 Å². The van der Waals surface area contributed by atoms with Crippen LogP contribution in [0.2, 0.25) is 0 Å². The summed E-state index contributed by atoms with van der Waals surface area (Å²) in [5.74, 6) is -9.86. The zero-order valence-electron chi connectivity index (χ0n) is 56.5. The van der Waals surface area contributed by atoms with Crippen LogP contribution in [0.1, 0.15) is 169 Å². The molecule has 0 aromatic heterocycles. The van der Waals surface area contributed by atoms with Crippen molar-refractivity contribution >= 4 is 70.9 Å². The van der Waals surface area contributed by atoms with Crippen LogP contribution in [0, 0.1) is 41.4 Å². The smallest absolute Gasteiger partial charge is 0.246 e. The Morgan fingerprint density at radius 3 is 1.21 bits per heavy atom. The fraction of sp³-hybridized carbons (Fsp3) is 0.806. The predicted octanol–water partition coefficient (Wildman–Crippen LogP) is 2.99. The van der Waals surface area contributed by atoms with Crippen molar-refractivity contribution in [1.29, 1.82) is 0 Å². The standard InChI is InChI=1S/C62H112N12O12/c1-24-25-43-58(82)68(17)33-50(76)69(18)44(28-34(2)3)56(80)67-51(39(12)13)61(85)70(19)45(29-35(4)5)54(78)65-42(26-27-49(63)75)53(77)64-41(16)57(81)72(21)47(31-37(8)9)59(83)73(22)48(32-38(10)11)60(84)74(23)52(40(14)15)62(86)71(20)46(30-36(6)7)55(79)66-43/h34-48,51-52H,24-33H2,1-23H3,(H2,63,75)(H,64,77)(H,65,78)(H,66,79)(H,67,80)/t41-,42-,43+,44+,45+,46+,47+,48+,51+,52+/m1/s1. The van der Waals surface area contributed by atoms with Gasteiger partial charge in [0, 0.05) is 55.8 Å². The summed E-state index contributed by atoms with van der Waals surface area (Å²) < 4.78 is 0. The molecule has 1 aliphatic rings. The summed E-state index contributed by atoms with van der Waals surface area (Å²) in [5.41, 5.74) is 5.55. The second-order valence-electron chi connectivity index (χ2n) is 26.7. The molecule has 1 aliphatic heterocycles. The number of primary amides is 1. The maximum absolute atomic E-state index is 15.1. The number of hydrogen-bond donors (Lipinski definition) is 5. The van der Waals surface area contributed by atoms with Crippen LogP contribution in [0.3, 0.4) is 0 Å². The number of carbonyl (C=O) groups is 12. The van der Waals surface area contributed by atoms with Crippen LogP contribution in [0.25, 0.3) is 0 Å². The zero-order valence-corrected chi connectivity index (χ0v) is 56.5. The SMILES string of the molecule is CCC[C@@H]1NC(=O)[C@H](CC(C)C)N(C)C(=O)[C@H](C(C)C)N(C)C(=O)[C@H](CC(C)C)N(C)C(=O)[C@H](CC(C)C)N(C)C(=O)[C@@H](C)NC(=O)[C@@H](CCC(N)=O)NC(=O)[C@H](CC(C)C)N(C)C(=O)[C@H](C(C)C)NC(=O)[C@H](CC(C)C)N(C)C(=O)CN(C)C1=O. The van der Waals surface area contributed by atoms with Gasteiger partial charge in [-0.15, -0.1) is 0 Å². The van der Waals surface area contributed by atoms with Crippen LogP contribution in [-0.2, 0) is 57.5 Å². The molecule has 24 heteroatoms. The molecule has 1 rings (SSSR count). The minimum atomic E-state index is -1.46. The summed E-state index contributed by atoms with van der Waals surface area (Å²) in [6.45, 7) is 28.3. The molecule has 0 aromatic rings. The number of likely N-dealkylation sites (N-methyl/N-ethyl adjacent to an activating group) is 7. The Balaban J connectivity index is 4.36. The molecule has 0 aromatic carbocycles. The monoisotopic (exact) mass is 1220 g/mol. The Hall–Kier alpha value is -6.36. The highest BCUT2D eigenvalue weighted by molar-refractivity contribution is 5.99. The lowest BCUT2D eigenvalue weighted by atomic mass is 9.94. The van der Waals surface area contributed by atoms with Crippen LogP contribution in [0.4, 0.5) is 0 Å². The highest BCUT2D eigenvalue weighted by Crippen LogP contribution is 2.25. The Morgan fingerprint density at radius 1 is 0.430 bits per heavy atom. The van der Waals surface area contributed by atoms with E-state index in [9.17, 15) is 47.9 Å². The number of hydrogen-bond acceptors (Lipinski definition) is 12. The second-order valence-corrected chi connectivity index (χ2v) is 26.7. The van der Waals surface area contributed by atoms with Gasteiger partial charge in [0.05, 0.1) is 6.54 Å². The predicted molar refractivity (Wildman–Crippen MR) is 331 cm³/mol. The topological polar surface area (TPSA) is 302 Å². The maximum Gasteiger partial charge on any atom is 0.246 e. The molecule has 1 fully saturated rings. The van der Waals surface area contributed by atoms with Crippen molar-refractivity contribution in [1.82, 2.24) is 55.6 Å². The van der Waals surface area contributed by atoms with E-state index in [0.717, 1.165) is 0 Å². The van der Waals surface area contributed by atoms with E-state index in [1.807, 2.05) is 76.2 Å². The van der Waals surface area contributed by atoms with E-state index in [1.165, 1.54) is 90.6 Å². The Labute approximate surface area is 514 Å². The van der Waals surface area contributed by atoms with Gasteiger partial charge in [-0.3, -0.25) is 57.5 Å². The molecule has 0 spiro atoms. The van der Waals surface area contributed by atoms with Gasteiger partial charge in [-0.2, -0.15) is 0 Å². The molecular formula is C62H112N12O12. The molecule has 0 unspecified atom stereocenters. The Kier molecular flexibility index (Phi) is 32.0. The molecule has 6 N–H and O–H groups in total. The molecule has 0 bridgehead atoms. The van der Waals surface area contributed by atoms with E-state index < -0.39 is 150 Å². The quantitative estimate of drug-likeness (QED) is 0.141. The van der Waals surface area contributed by atoms with E-state index in [-0.39, 0.29) is 81.0 Å². The highest BCUT2D eigenvalue weighted by atomic mass is 16.2. The van der Waals surface area contributed by atoms with E-state index in [2.05, 4.69) is 21.3 Å². The number of rotatable bonds is 17. The van der Waals surface area contributed by atoms with Crippen LogP contribution in [0.15, 0.2) is 0 Å². The lowest BCUT2D eigenvalue weighted by Gasteiger charge is -2.41. The van der Waals surface area contributed by atoms with Gasteiger partial charge in [0.1, 0.15) is 60.4 Å². The van der Waals surface area contributed by atoms with Crippen molar-refractivity contribution in [3.8, 4) is 0 Å². The first kappa shape index (κ1) is 77.7. The molecule has 0 radical (unpaired) electrons. The minimum absolute atomic E-state index is 0.0879. The van der Waals surface area contributed by atoms with Gasteiger partial charge >= 0.3 is 0 Å². The largest absolute Gasteiger partial charge is 0.370 e. The van der Waals surface area contributed by atoms with Crippen LogP contribution in [0.5, 0.6) is 0 Å². The van der Waals surface area contributed by atoms with Gasteiger partial charge in [0.2, 0.25) is 70.9 Å². The fourth-order valence-corrected chi connectivity index (χ4v) is 10.9. The summed E-state index contributed by atoms with van der Waals surface area (Å²) in [6.07, 6.45) is 0.678. The van der Waals surface area contributed by atoms with Crippen molar-refractivity contribution < 1.29 is 57.5 Å². The highest BCUT2D eigenvalue weighted by Gasteiger charge is 2.44. The third-order valence-electron chi connectivity index (χ3n) is 15.9. The van der Waals surface area contributed by atoms with Crippen LogP contribution < -0.4 is 27.0 Å². The second kappa shape index (κ2) is 35.4. The van der Waals surface area contributed by atoms with Crippen LogP contribution in [-0.4, -0.2) is 221 Å². The molecule has 0 aliphatic carbocycles. The van der Waals surface area contributed by atoms with Gasteiger partial charge < -0.3 is 61.3 Å². The van der Waals surface area contributed by atoms with E-state index >= 15 is 9.59 Å². The van der Waals surface area contributed by atoms with Gasteiger partial charge in [0.25, 0.3) is 0 Å². The number of amides is 12. The van der Waals surface area contributed by atoms with E-state index in [1.54, 1.807) is 27.7 Å². The first-order valence-electron chi connectivity index (χ1n) is 31.0. The number of nitrogens with one attached hydrogen (secondary N) is 4. The summed E-state index contributed by atoms with van der Waals surface area (Å²) in [5, 5.41) is 11.1. The van der Waals surface area contributed by atoms with E-state index in [4.69, 9.17) is 5.73 Å². The molecule has 86 heavy (non-hydrogen) atoms. The minimum Gasteiger partial charge on any atom is -0.370 e. The summed E-state index contributed by atoms with van der Waals surface area (Å²) in [4.78, 5) is 182. The normalized spacial score (nSPS) is 25.9. The first-order chi connectivity index (χ1) is 39.6. The third kappa shape index (κ3) is 22.7. The summed E-state index contributed by atoms with van der Waals surface area (Å²) >= 11 is 0. The van der Waals surface area contributed by atoms with Crippen molar-refractivity contribution in [3.05, 3.63) is 0 Å². The maximum atomic E-state index is 15.1. The lowest BCUT2D eigenvalue weighted by Crippen LogP contribution is -2.61. The molecule has 0 saturated carbocycles. The van der Waals surface area contributed by atoms with Crippen molar-refractivity contribution in [3.63, 3.8) is 0 Å². The average Bonchev–Trinajstić information content (AvgIpc) is 3.63. The average molecular weight is 1220 g/mol. The Morgan fingerprint density at radius 2 is 0.802 bits per heavy atom. The van der Waals surface area contributed by atoms with Gasteiger partial charge in [-0.05, 0) is 93.3 Å². The fourth-order valence-electron chi connectivity index (χ4n) is 10.9. The van der Waals surface area contributed by atoms with Gasteiger partial charge in [-0.1, -0.05) is 110 Å². The van der Waals surface area contributed by atoms with Gasteiger partial charge in [0.15, 0.2) is 0 Å². The molecule has 1 heterocycles. The van der Waals surface area contributed by atoms with Crippen LogP contribution >= 0.6 is 0 Å². The lowest BCUT2D eigenvalue weighted by molar-refractivity contribution is -0.156.